The minimum absolute atomic E-state index is 0.171. The lowest BCUT2D eigenvalue weighted by molar-refractivity contribution is -0.155. The quantitative estimate of drug-likeness (QED) is 0.828. The molecular weight excluding hydrogens is 238 g/mol. The van der Waals surface area contributed by atoms with Crippen LogP contribution < -0.4 is 5.32 Å². The van der Waals surface area contributed by atoms with Crippen molar-refractivity contribution in [1.29, 1.82) is 0 Å². The van der Waals surface area contributed by atoms with Gasteiger partial charge in [0.05, 0.1) is 0 Å². The first-order valence-electron chi connectivity index (χ1n) is 6.88. The molecule has 1 aromatic carbocycles. The molecule has 0 radical (unpaired) electrons. The zero-order valence-corrected chi connectivity index (χ0v) is 12.4. The van der Waals surface area contributed by atoms with Crippen LogP contribution in [0.1, 0.15) is 51.7 Å². The molecule has 0 saturated carbocycles. The number of hydrogen-bond acceptors (Lipinski definition) is 3. The highest BCUT2D eigenvalue weighted by atomic mass is 16.6. The molecule has 1 aliphatic rings. The third kappa shape index (κ3) is 3.28. The Bertz CT molecular complexity index is 486. The molecule has 1 N–H and O–H groups in total. The number of benzene rings is 1. The van der Waals surface area contributed by atoms with Crippen LogP contribution in [-0.2, 0) is 16.0 Å². The van der Waals surface area contributed by atoms with E-state index in [2.05, 4.69) is 37.4 Å². The Hall–Kier alpha value is -1.51. The average molecular weight is 261 g/mol. The third-order valence-corrected chi connectivity index (χ3v) is 3.25. The fraction of sp³-hybridized carbons (Fsp3) is 0.562. The van der Waals surface area contributed by atoms with Gasteiger partial charge in [-0.1, -0.05) is 26.0 Å². The van der Waals surface area contributed by atoms with E-state index in [9.17, 15) is 4.79 Å². The molecule has 104 valence electrons. The maximum absolute atomic E-state index is 12.1. The summed E-state index contributed by atoms with van der Waals surface area (Å²) in [6, 6.07) is 6.14. The molecule has 0 aliphatic carbocycles. The number of carbonyl (C=O) groups excluding carboxylic acids is 1. The highest BCUT2D eigenvalue weighted by molar-refractivity contribution is 5.83. The van der Waals surface area contributed by atoms with Crippen molar-refractivity contribution in [3.05, 3.63) is 29.3 Å². The van der Waals surface area contributed by atoms with E-state index in [4.69, 9.17) is 4.74 Å². The van der Waals surface area contributed by atoms with Crippen molar-refractivity contribution < 1.29 is 9.53 Å². The highest BCUT2D eigenvalue weighted by Crippen LogP contribution is 2.30. The van der Waals surface area contributed by atoms with E-state index in [1.807, 2.05) is 20.8 Å². The normalized spacial score (nSPS) is 18.1. The van der Waals surface area contributed by atoms with E-state index in [1.165, 1.54) is 11.1 Å². The first-order valence-corrected chi connectivity index (χ1v) is 6.88. The predicted octanol–water partition coefficient (Wildman–Crippen LogP) is 3.49. The summed E-state index contributed by atoms with van der Waals surface area (Å²) in [4.78, 5) is 12.1. The monoisotopic (exact) mass is 261 g/mol. The molecule has 0 spiro atoms. The molecule has 0 unspecified atom stereocenters. The number of anilines is 1. The summed E-state index contributed by atoms with van der Waals surface area (Å²) in [6.07, 6.45) is 0.711. The summed E-state index contributed by atoms with van der Waals surface area (Å²) in [5.74, 6) is 0.322. The second kappa shape index (κ2) is 4.87. The van der Waals surface area contributed by atoms with Gasteiger partial charge < -0.3 is 10.1 Å². The van der Waals surface area contributed by atoms with Gasteiger partial charge in [-0.3, -0.25) is 0 Å². The van der Waals surface area contributed by atoms with Crippen LogP contribution in [0.15, 0.2) is 18.2 Å². The molecule has 3 heteroatoms. The number of ether oxygens (including phenoxy) is 1. The van der Waals surface area contributed by atoms with Gasteiger partial charge in [-0.15, -0.1) is 0 Å². The Morgan fingerprint density at radius 1 is 1.37 bits per heavy atom. The van der Waals surface area contributed by atoms with Gasteiger partial charge in [-0.2, -0.15) is 0 Å². The molecular formula is C16H23NO2. The van der Waals surface area contributed by atoms with Gasteiger partial charge in [0, 0.05) is 12.1 Å². The van der Waals surface area contributed by atoms with Crippen molar-refractivity contribution >= 4 is 11.7 Å². The van der Waals surface area contributed by atoms with Gasteiger partial charge in [-0.05, 0) is 43.9 Å². The molecule has 0 bridgehead atoms. The first-order chi connectivity index (χ1) is 8.76. The van der Waals surface area contributed by atoms with E-state index in [-0.39, 0.29) is 12.0 Å². The molecule has 0 saturated heterocycles. The number of rotatable bonds is 2. The van der Waals surface area contributed by atoms with Crippen molar-refractivity contribution in [3.63, 3.8) is 0 Å². The van der Waals surface area contributed by atoms with Crippen molar-refractivity contribution in [2.24, 2.45) is 0 Å². The Morgan fingerprint density at radius 3 is 2.63 bits per heavy atom. The van der Waals surface area contributed by atoms with Crippen molar-refractivity contribution in [1.82, 2.24) is 0 Å². The van der Waals surface area contributed by atoms with Gasteiger partial charge in [0.1, 0.15) is 11.6 Å². The van der Waals surface area contributed by atoms with Crippen LogP contribution in [0.3, 0.4) is 0 Å². The summed E-state index contributed by atoms with van der Waals surface area (Å²) in [5.41, 5.74) is 3.12. The zero-order valence-electron chi connectivity index (χ0n) is 12.4. The maximum Gasteiger partial charge on any atom is 0.329 e. The van der Waals surface area contributed by atoms with E-state index < -0.39 is 5.60 Å². The number of esters is 1. The average Bonchev–Trinajstić information content (AvgIpc) is 2.68. The van der Waals surface area contributed by atoms with E-state index >= 15 is 0 Å². The van der Waals surface area contributed by atoms with Gasteiger partial charge in [-0.25, -0.2) is 4.79 Å². The zero-order chi connectivity index (χ0) is 14.2. The van der Waals surface area contributed by atoms with Gasteiger partial charge >= 0.3 is 5.97 Å². The second-order valence-corrected chi connectivity index (χ2v) is 6.51. The van der Waals surface area contributed by atoms with Gasteiger partial charge in [0.15, 0.2) is 0 Å². The molecule has 3 nitrogen and oxygen atoms in total. The third-order valence-electron chi connectivity index (χ3n) is 3.25. The summed E-state index contributed by atoms with van der Waals surface area (Å²) in [7, 11) is 0. The van der Waals surface area contributed by atoms with Crippen LogP contribution >= 0.6 is 0 Å². The molecule has 2 rings (SSSR count). The van der Waals surface area contributed by atoms with Crippen molar-refractivity contribution in [3.8, 4) is 0 Å². The molecule has 19 heavy (non-hydrogen) atoms. The van der Waals surface area contributed by atoms with E-state index in [1.54, 1.807) is 0 Å². The van der Waals surface area contributed by atoms with E-state index in [0.29, 0.717) is 12.3 Å². The predicted molar refractivity (Wildman–Crippen MR) is 77.5 cm³/mol. The van der Waals surface area contributed by atoms with Crippen molar-refractivity contribution in [2.75, 3.05) is 5.32 Å². The molecule has 1 aromatic rings. The summed E-state index contributed by atoms with van der Waals surface area (Å²) in [6.45, 7) is 10.0. The van der Waals surface area contributed by atoms with Gasteiger partial charge in [0.25, 0.3) is 0 Å². The van der Waals surface area contributed by atoms with E-state index in [0.717, 1.165) is 5.69 Å². The number of fused-ring (bicyclic) bond motifs is 1. The van der Waals surface area contributed by atoms with Crippen LogP contribution in [0.4, 0.5) is 5.69 Å². The smallest absolute Gasteiger partial charge is 0.329 e. The lowest BCUT2D eigenvalue weighted by Gasteiger charge is -2.22. The fourth-order valence-electron chi connectivity index (χ4n) is 2.24. The Morgan fingerprint density at radius 2 is 2.05 bits per heavy atom. The van der Waals surface area contributed by atoms with Crippen LogP contribution in [-0.4, -0.2) is 17.6 Å². The van der Waals surface area contributed by atoms with Crippen LogP contribution in [0.5, 0.6) is 0 Å². The Kier molecular flexibility index (Phi) is 3.57. The number of hydrogen-bond donors (Lipinski definition) is 1. The van der Waals surface area contributed by atoms with Gasteiger partial charge in [0.2, 0.25) is 0 Å². The minimum Gasteiger partial charge on any atom is -0.458 e. The standard InChI is InChI=1S/C16H23NO2/c1-10(2)11-6-7-12-9-14(17-13(12)8-11)15(18)19-16(3,4)5/h6-8,10,14,17H,9H2,1-5H3/t14-/m0/s1. The molecule has 1 heterocycles. The highest BCUT2D eigenvalue weighted by Gasteiger charge is 2.30. The van der Waals surface area contributed by atoms with Crippen molar-refractivity contribution in [2.45, 2.75) is 58.6 Å². The maximum atomic E-state index is 12.1. The lowest BCUT2D eigenvalue weighted by Crippen LogP contribution is -2.35. The number of carbonyl (C=O) groups is 1. The Labute approximate surface area is 115 Å². The largest absolute Gasteiger partial charge is 0.458 e. The molecule has 1 atom stereocenters. The topological polar surface area (TPSA) is 38.3 Å². The molecule has 1 aliphatic heterocycles. The first kappa shape index (κ1) is 13.9. The summed E-state index contributed by atoms with van der Waals surface area (Å²) < 4.78 is 5.43. The SMILES string of the molecule is CC(C)c1ccc2c(c1)N[C@H](C(=O)OC(C)(C)C)C2. The molecule has 0 amide bonds. The van der Waals surface area contributed by atoms with Crippen LogP contribution in [0, 0.1) is 0 Å². The minimum atomic E-state index is -0.434. The molecule has 0 fully saturated rings. The summed E-state index contributed by atoms with van der Waals surface area (Å²) >= 11 is 0. The fourth-order valence-corrected chi connectivity index (χ4v) is 2.24. The molecule has 0 aromatic heterocycles. The summed E-state index contributed by atoms with van der Waals surface area (Å²) in [5, 5.41) is 3.28. The lowest BCUT2D eigenvalue weighted by atomic mass is 10.00. The van der Waals surface area contributed by atoms with Crippen LogP contribution in [0.25, 0.3) is 0 Å². The van der Waals surface area contributed by atoms with Crippen LogP contribution in [0.2, 0.25) is 0 Å². The second-order valence-electron chi connectivity index (χ2n) is 6.51. The number of nitrogens with one attached hydrogen (secondary N) is 1. The Balaban J connectivity index is 2.10.